The van der Waals surface area contributed by atoms with E-state index in [-0.39, 0.29) is 11.7 Å². The van der Waals surface area contributed by atoms with Crippen molar-refractivity contribution in [1.82, 2.24) is 14.8 Å². The Kier molecular flexibility index (Phi) is 6.84. The lowest BCUT2D eigenvalue weighted by atomic mass is 10.2. The molecule has 0 bridgehead atoms. The predicted molar refractivity (Wildman–Crippen MR) is 111 cm³/mol. The monoisotopic (exact) mass is 416 g/mol. The van der Waals surface area contributed by atoms with E-state index in [1.807, 2.05) is 35.8 Å². The lowest BCUT2D eigenvalue weighted by Crippen LogP contribution is -2.13. The Morgan fingerprint density at radius 2 is 1.96 bits per heavy atom. The highest BCUT2D eigenvalue weighted by molar-refractivity contribution is 7.98. The van der Waals surface area contributed by atoms with Gasteiger partial charge in [0.25, 0.3) is 5.91 Å². The maximum absolute atomic E-state index is 12.9. The van der Waals surface area contributed by atoms with E-state index < -0.39 is 0 Å². The number of nitrogens with one attached hydrogen (secondary N) is 1. The Morgan fingerprint density at radius 1 is 1.21 bits per heavy atom. The number of hydrogen-bond donors (Lipinski definition) is 1. The number of rotatable bonds is 7. The maximum atomic E-state index is 12.9. The second-order valence-electron chi connectivity index (χ2n) is 5.80. The summed E-state index contributed by atoms with van der Waals surface area (Å²) in [5.74, 6) is 0.363. The lowest BCUT2D eigenvalue weighted by Gasteiger charge is -2.08. The summed E-state index contributed by atoms with van der Waals surface area (Å²) >= 11 is 7.69. The molecule has 5 nitrogen and oxygen atoms in total. The van der Waals surface area contributed by atoms with Gasteiger partial charge in [0.1, 0.15) is 5.82 Å². The van der Waals surface area contributed by atoms with Gasteiger partial charge < -0.3 is 0 Å². The highest BCUT2D eigenvalue weighted by Gasteiger charge is 2.13. The molecule has 144 valence electrons. The summed E-state index contributed by atoms with van der Waals surface area (Å²) < 4.78 is 14.7. The molecule has 0 aliphatic carbocycles. The third kappa shape index (κ3) is 5.21. The van der Waals surface area contributed by atoms with Crippen molar-refractivity contribution in [3.8, 4) is 0 Å². The predicted octanol–water partition coefficient (Wildman–Crippen LogP) is 5.03. The van der Waals surface area contributed by atoms with Gasteiger partial charge in [-0.3, -0.25) is 14.7 Å². The van der Waals surface area contributed by atoms with E-state index in [2.05, 4.69) is 15.5 Å². The van der Waals surface area contributed by atoms with Crippen LogP contribution in [-0.4, -0.2) is 20.7 Å². The van der Waals surface area contributed by atoms with E-state index in [1.54, 1.807) is 18.2 Å². The highest BCUT2D eigenvalue weighted by Crippen LogP contribution is 2.27. The summed E-state index contributed by atoms with van der Waals surface area (Å²) in [6.07, 6.45) is 2.98. The minimum absolute atomic E-state index is 0.320. The second-order valence-corrected chi connectivity index (χ2v) is 7.15. The molecule has 0 unspecified atom stereocenters. The van der Waals surface area contributed by atoms with Gasteiger partial charge >= 0.3 is 0 Å². The second kappa shape index (κ2) is 9.52. The quantitative estimate of drug-likeness (QED) is 0.433. The maximum Gasteiger partial charge on any atom is 0.250 e. The molecule has 0 aliphatic heterocycles. The minimum Gasteiger partial charge on any atom is -0.291 e. The first-order chi connectivity index (χ1) is 13.6. The Labute approximate surface area is 171 Å². The van der Waals surface area contributed by atoms with Crippen LogP contribution in [0.5, 0.6) is 0 Å². The smallest absolute Gasteiger partial charge is 0.250 e. The molecule has 0 fully saturated rings. The van der Waals surface area contributed by atoms with Crippen molar-refractivity contribution in [2.75, 3.05) is 5.32 Å². The van der Waals surface area contributed by atoms with Gasteiger partial charge in [0, 0.05) is 23.4 Å². The van der Waals surface area contributed by atoms with Gasteiger partial charge in [0.05, 0.1) is 0 Å². The van der Waals surface area contributed by atoms with Crippen LogP contribution < -0.4 is 5.32 Å². The van der Waals surface area contributed by atoms with Crippen LogP contribution in [0, 0.1) is 5.82 Å². The van der Waals surface area contributed by atoms with E-state index in [0.717, 1.165) is 11.1 Å². The summed E-state index contributed by atoms with van der Waals surface area (Å²) in [6, 6.07) is 13.5. The molecule has 28 heavy (non-hydrogen) atoms. The first-order valence-electron chi connectivity index (χ1n) is 8.61. The number of thioether (sulfide) groups is 1. The Balaban J connectivity index is 1.65. The standard InChI is InChI=1S/C20H18ClFN4OS/c1-2-26-19(23-18(27)12-9-14-7-10-16(22)11-8-14)24-25-20(26)28-13-15-5-3-4-6-17(15)21/h3-12H,2,13H2,1H3,(H,23,24,27)/b12-9+. The molecule has 0 saturated heterocycles. The van der Waals surface area contributed by atoms with Crippen LogP contribution >= 0.6 is 23.4 Å². The van der Waals surface area contributed by atoms with Gasteiger partial charge in [0.2, 0.25) is 5.95 Å². The van der Waals surface area contributed by atoms with Crippen molar-refractivity contribution in [2.24, 2.45) is 0 Å². The largest absolute Gasteiger partial charge is 0.291 e. The van der Waals surface area contributed by atoms with Gasteiger partial charge in [-0.05, 0) is 42.3 Å². The third-order valence-electron chi connectivity index (χ3n) is 3.88. The number of amides is 1. The molecule has 0 saturated carbocycles. The van der Waals surface area contributed by atoms with Crippen LogP contribution in [0.2, 0.25) is 5.02 Å². The fraction of sp³-hybridized carbons (Fsp3) is 0.150. The molecule has 1 amide bonds. The number of hydrogen-bond acceptors (Lipinski definition) is 4. The molecule has 1 N–H and O–H groups in total. The Hall–Kier alpha value is -2.64. The first kappa shape index (κ1) is 20.1. The van der Waals surface area contributed by atoms with Crippen LogP contribution in [0.3, 0.4) is 0 Å². The summed E-state index contributed by atoms with van der Waals surface area (Å²) in [5.41, 5.74) is 1.73. The van der Waals surface area contributed by atoms with E-state index in [1.165, 1.54) is 30.0 Å². The van der Waals surface area contributed by atoms with Gasteiger partial charge in [-0.1, -0.05) is 53.7 Å². The van der Waals surface area contributed by atoms with Gasteiger partial charge in [-0.2, -0.15) is 0 Å². The summed E-state index contributed by atoms with van der Waals surface area (Å²) in [4.78, 5) is 12.2. The average Bonchev–Trinajstić information content (AvgIpc) is 3.08. The van der Waals surface area contributed by atoms with Crippen LogP contribution in [0.1, 0.15) is 18.1 Å². The molecule has 0 radical (unpaired) electrons. The van der Waals surface area contributed by atoms with E-state index in [4.69, 9.17) is 11.6 Å². The van der Waals surface area contributed by atoms with Crippen molar-refractivity contribution in [3.63, 3.8) is 0 Å². The summed E-state index contributed by atoms with van der Waals surface area (Å²) in [5, 5.41) is 12.4. The molecule has 0 atom stereocenters. The van der Waals surface area contributed by atoms with E-state index in [9.17, 15) is 9.18 Å². The molecule has 1 heterocycles. The van der Waals surface area contributed by atoms with Crippen molar-refractivity contribution in [1.29, 1.82) is 0 Å². The fourth-order valence-electron chi connectivity index (χ4n) is 2.43. The minimum atomic E-state index is -0.339. The van der Waals surface area contributed by atoms with Gasteiger partial charge in [-0.15, -0.1) is 10.2 Å². The van der Waals surface area contributed by atoms with Crippen LogP contribution in [-0.2, 0) is 17.1 Å². The molecule has 2 aromatic carbocycles. The molecule has 1 aromatic heterocycles. The zero-order chi connectivity index (χ0) is 19.9. The number of aromatic nitrogens is 3. The molecular weight excluding hydrogens is 399 g/mol. The molecule has 3 aromatic rings. The van der Waals surface area contributed by atoms with Gasteiger partial charge in [-0.25, -0.2) is 4.39 Å². The van der Waals surface area contributed by atoms with Crippen molar-refractivity contribution >= 4 is 41.3 Å². The average molecular weight is 417 g/mol. The SMILES string of the molecule is CCn1c(NC(=O)/C=C/c2ccc(F)cc2)nnc1SCc1ccccc1Cl. The number of benzene rings is 2. The van der Waals surface area contributed by atoms with Crippen molar-refractivity contribution in [3.05, 3.63) is 76.6 Å². The molecule has 3 rings (SSSR count). The zero-order valence-corrected chi connectivity index (χ0v) is 16.7. The lowest BCUT2D eigenvalue weighted by molar-refractivity contribution is -0.111. The van der Waals surface area contributed by atoms with E-state index in [0.29, 0.717) is 28.4 Å². The van der Waals surface area contributed by atoms with Crippen LogP contribution in [0.15, 0.2) is 59.8 Å². The topological polar surface area (TPSA) is 59.8 Å². The number of halogens is 2. The zero-order valence-electron chi connectivity index (χ0n) is 15.1. The Morgan fingerprint density at radius 3 is 2.68 bits per heavy atom. The molecule has 0 spiro atoms. The van der Waals surface area contributed by atoms with Crippen molar-refractivity contribution in [2.45, 2.75) is 24.4 Å². The first-order valence-corrected chi connectivity index (χ1v) is 9.97. The van der Waals surface area contributed by atoms with Gasteiger partial charge in [0.15, 0.2) is 5.16 Å². The number of carbonyl (C=O) groups excluding carboxylic acids is 1. The highest BCUT2D eigenvalue weighted by atomic mass is 35.5. The number of nitrogens with zero attached hydrogens (tertiary/aromatic N) is 3. The van der Waals surface area contributed by atoms with Crippen LogP contribution in [0.4, 0.5) is 10.3 Å². The van der Waals surface area contributed by atoms with Crippen LogP contribution in [0.25, 0.3) is 6.08 Å². The normalized spacial score (nSPS) is 11.1. The summed E-state index contributed by atoms with van der Waals surface area (Å²) in [7, 11) is 0. The molecular formula is C20H18ClFN4OS. The summed E-state index contributed by atoms with van der Waals surface area (Å²) in [6.45, 7) is 2.56. The van der Waals surface area contributed by atoms with Crippen molar-refractivity contribution < 1.29 is 9.18 Å². The number of carbonyl (C=O) groups is 1. The molecule has 8 heteroatoms. The fourth-order valence-corrected chi connectivity index (χ4v) is 3.72. The molecule has 0 aliphatic rings. The Bertz CT molecular complexity index is 988. The number of anilines is 1. The third-order valence-corrected chi connectivity index (χ3v) is 5.26. The van der Waals surface area contributed by atoms with E-state index >= 15 is 0 Å².